The summed E-state index contributed by atoms with van der Waals surface area (Å²) in [5.41, 5.74) is 1.15. The summed E-state index contributed by atoms with van der Waals surface area (Å²) in [5, 5.41) is 4.32. The number of morpholine rings is 1. The van der Waals surface area contributed by atoms with Gasteiger partial charge in [-0.05, 0) is 31.7 Å². The lowest BCUT2D eigenvalue weighted by Crippen LogP contribution is -2.49. The highest BCUT2D eigenvalue weighted by Crippen LogP contribution is 2.24. The lowest BCUT2D eigenvalue weighted by Gasteiger charge is -2.37. The summed E-state index contributed by atoms with van der Waals surface area (Å²) in [6, 6.07) is 8.10. The molecule has 124 valence electrons. The number of rotatable bonds is 6. The predicted octanol–water partition coefficient (Wildman–Crippen LogP) is 2.07. The summed E-state index contributed by atoms with van der Waals surface area (Å²) in [6.45, 7) is 4.64. The van der Waals surface area contributed by atoms with Crippen LogP contribution in [0.5, 0.6) is 0 Å². The van der Waals surface area contributed by atoms with Crippen LogP contribution in [0, 0.1) is 0 Å². The van der Waals surface area contributed by atoms with E-state index in [-0.39, 0.29) is 18.2 Å². The van der Waals surface area contributed by atoms with Gasteiger partial charge in [-0.25, -0.2) is 0 Å². The summed E-state index contributed by atoms with van der Waals surface area (Å²) in [7, 11) is 1.29. The molecule has 1 aliphatic rings. The highest BCUT2D eigenvalue weighted by Gasteiger charge is 2.29. The molecule has 4 atom stereocenters. The number of hydrogen-bond donors (Lipinski definition) is 1. The maximum atomic E-state index is 11.5. The van der Waals surface area contributed by atoms with Gasteiger partial charge in [-0.15, -0.1) is 0 Å². The van der Waals surface area contributed by atoms with Crippen molar-refractivity contribution >= 4 is 22.4 Å². The van der Waals surface area contributed by atoms with Gasteiger partial charge >= 0.3 is 0 Å². The smallest absolute Gasteiger partial charge is 0.0896 e. The molecule has 0 unspecified atom stereocenters. The summed E-state index contributed by atoms with van der Waals surface area (Å²) >= 11 is 6.00. The number of benzene rings is 1. The van der Waals surface area contributed by atoms with Crippen LogP contribution in [-0.2, 0) is 15.5 Å². The maximum absolute atomic E-state index is 11.5. The van der Waals surface area contributed by atoms with Crippen molar-refractivity contribution in [2.75, 3.05) is 38.8 Å². The van der Waals surface area contributed by atoms with Gasteiger partial charge in [0, 0.05) is 47.0 Å². The average Bonchev–Trinajstić information content (AvgIpc) is 2.45. The predicted molar refractivity (Wildman–Crippen MR) is 93.0 cm³/mol. The molecule has 0 aliphatic carbocycles. The number of likely N-dealkylation sites (N-methyl/N-ethyl adjacent to an activating group) is 1. The second-order valence-electron chi connectivity index (χ2n) is 6.01. The van der Waals surface area contributed by atoms with E-state index in [1.165, 1.54) is 0 Å². The Bertz CT molecular complexity index is 497. The molecule has 4 nitrogen and oxygen atoms in total. The van der Waals surface area contributed by atoms with Gasteiger partial charge in [-0.3, -0.25) is 4.21 Å². The molecule has 6 heteroatoms. The minimum atomic E-state index is -0.819. The van der Waals surface area contributed by atoms with Crippen LogP contribution in [0.2, 0.25) is 5.02 Å². The molecule has 1 N–H and O–H groups in total. The Morgan fingerprint density at radius 2 is 2.14 bits per heavy atom. The molecule has 22 heavy (non-hydrogen) atoms. The Morgan fingerprint density at radius 3 is 2.73 bits per heavy atom. The minimum Gasteiger partial charge on any atom is -0.374 e. The molecule has 0 aromatic heterocycles. The van der Waals surface area contributed by atoms with E-state index in [4.69, 9.17) is 16.3 Å². The molecular weight excluding hydrogens is 320 g/mol. The minimum absolute atomic E-state index is 0.0681. The third-order valence-corrected chi connectivity index (χ3v) is 5.07. The Labute approximate surface area is 140 Å². The van der Waals surface area contributed by atoms with Crippen molar-refractivity contribution in [2.45, 2.75) is 25.1 Å². The Balaban J connectivity index is 2.15. The quantitative estimate of drug-likeness (QED) is 0.857. The molecule has 1 heterocycles. The normalized spacial score (nSPS) is 23.9. The first kappa shape index (κ1) is 17.9. The molecule has 1 aromatic rings. The third-order valence-electron chi connectivity index (χ3n) is 3.85. The van der Waals surface area contributed by atoms with Gasteiger partial charge in [0.25, 0.3) is 0 Å². The van der Waals surface area contributed by atoms with Crippen LogP contribution in [0.3, 0.4) is 0 Å². The van der Waals surface area contributed by atoms with E-state index in [1.807, 2.05) is 24.3 Å². The number of halogens is 1. The highest BCUT2D eigenvalue weighted by molar-refractivity contribution is 7.84. The van der Waals surface area contributed by atoms with Crippen molar-refractivity contribution < 1.29 is 8.95 Å². The lowest BCUT2D eigenvalue weighted by molar-refractivity contribution is -0.0405. The molecule has 1 fully saturated rings. The molecular formula is C16H25ClN2O2S. The molecule has 1 aromatic carbocycles. The summed E-state index contributed by atoms with van der Waals surface area (Å²) < 4.78 is 17.4. The fraction of sp³-hybridized carbons (Fsp3) is 0.625. The first-order valence-electron chi connectivity index (χ1n) is 7.57. The monoisotopic (exact) mass is 344 g/mol. The van der Waals surface area contributed by atoms with Crippen molar-refractivity contribution in [3.8, 4) is 0 Å². The van der Waals surface area contributed by atoms with Gasteiger partial charge in [0.2, 0.25) is 0 Å². The number of nitrogens with one attached hydrogen (secondary N) is 1. The van der Waals surface area contributed by atoms with Crippen molar-refractivity contribution in [3.63, 3.8) is 0 Å². The zero-order valence-corrected chi connectivity index (χ0v) is 15.0. The van der Waals surface area contributed by atoms with Crippen LogP contribution in [0.4, 0.5) is 0 Å². The van der Waals surface area contributed by atoms with Crippen LogP contribution >= 0.6 is 11.6 Å². The van der Waals surface area contributed by atoms with E-state index in [9.17, 15) is 4.21 Å². The SMILES string of the molecule is C[C@H](C[S@@](C)=O)N[C@@H](c1ccc(Cl)cc1)[C@@H]1CN(C)CCO1. The van der Waals surface area contributed by atoms with Gasteiger partial charge < -0.3 is 15.0 Å². The summed E-state index contributed by atoms with van der Waals surface area (Å²) in [6.07, 6.45) is 1.81. The summed E-state index contributed by atoms with van der Waals surface area (Å²) in [4.78, 5) is 2.28. The first-order valence-corrected chi connectivity index (χ1v) is 9.68. The fourth-order valence-electron chi connectivity index (χ4n) is 2.81. The number of ether oxygens (including phenoxy) is 1. The molecule has 0 saturated carbocycles. The van der Waals surface area contributed by atoms with E-state index in [0.717, 1.165) is 30.3 Å². The third kappa shape index (κ3) is 5.32. The molecule has 1 saturated heterocycles. The molecule has 0 amide bonds. The number of nitrogens with zero attached hydrogens (tertiary/aromatic N) is 1. The second kappa shape index (κ2) is 8.41. The Hall–Kier alpha value is -0.460. The van der Waals surface area contributed by atoms with Crippen LogP contribution in [0.1, 0.15) is 18.5 Å². The molecule has 0 radical (unpaired) electrons. The van der Waals surface area contributed by atoms with Crippen molar-refractivity contribution in [2.24, 2.45) is 0 Å². The van der Waals surface area contributed by atoms with Crippen LogP contribution < -0.4 is 5.32 Å². The largest absolute Gasteiger partial charge is 0.374 e. The molecule has 0 bridgehead atoms. The molecule has 2 rings (SSSR count). The lowest BCUT2D eigenvalue weighted by atomic mass is 9.99. The van der Waals surface area contributed by atoms with Crippen molar-refractivity contribution in [1.29, 1.82) is 0 Å². The standard InChI is InChI=1S/C16H25ClN2O2S/c1-12(11-22(3)20)18-16(13-4-6-14(17)7-5-13)15-10-19(2)8-9-21-15/h4-7,12,15-16,18H,8-11H2,1-3H3/t12-,15+,16+,22-/m1/s1. The van der Waals surface area contributed by atoms with Crippen LogP contribution in [-0.4, -0.2) is 60.0 Å². The van der Waals surface area contributed by atoms with Gasteiger partial charge in [0.15, 0.2) is 0 Å². The van der Waals surface area contributed by atoms with Gasteiger partial charge in [0.05, 0.1) is 18.8 Å². The van der Waals surface area contributed by atoms with E-state index >= 15 is 0 Å². The summed E-state index contributed by atoms with van der Waals surface area (Å²) in [5.74, 6) is 0.632. The Kier molecular flexibility index (Phi) is 6.84. The molecule has 0 spiro atoms. The van der Waals surface area contributed by atoms with Crippen LogP contribution in [0.15, 0.2) is 24.3 Å². The van der Waals surface area contributed by atoms with E-state index in [2.05, 4.69) is 24.2 Å². The van der Waals surface area contributed by atoms with Gasteiger partial charge in [-0.2, -0.15) is 0 Å². The second-order valence-corrected chi connectivity index (χ2v) is 7.92. The molecule has 1 aliphatic heterocycles. The zero-order chi connectivity index (χ0) is 16.1. The zero-order valence-electron chi connectivity index (χ0n) is 13.4. The van der Waals surface area contributed by atoms with E-state index in [0.29, 0.717) is 5.75 Å². The highest BCUT2D eigenvalue weighted by atomic mass is 35.5. The topological polar surface area (TPSA) is 41.6 Å². The Morgan fingerprint density at radius 1 is 1.45 bits per heavy atom. The van der Waals surface area contributed by atoms with Crippen molar-refractivity contribution in [3.05, 3.63) is 34.9 Å². The van der Waals surface area contributed by atoms with Gasteiger partial charge in [0.1, 0.15) is 0 Å². The first-order chi connectivity index (χ1) is 10.5. The van der Waals surface area contributed by atoms with Gasteiger partial charge in [-0.1, -0.05) is 23.7 Å². The number of hydrogen-bond acceptors (Lipinski definition) is 4. The van der Waals surface area contributed by atoms with Crippen LogP contribution in [0.25, 0.3) is 0 Å². The van der Waals surface area contributed by atoms with Crippen molar-refractivity contribution in [1.82, 2.24) is 10.2 Å². The van der Waals surface area contributed by atoms with E-state index < -0.39 is 10.8 Å². The van der Waals surface area contributed by atoms with E-state index in [1.54, 1.807) is 6.26 Å². The average molecular weight is 345 g/mol. The fourth-order valence-corrected chi connectivity index (χ4v) is 3.73. The maximum Gasteiger partial charge on any atom is 0.0896 e.